The Morgan fingerprint density at radius 3 is 2.57 bits per heavy atom. The Morgan fingerprint density at radius 2 is 1.89 bits per heavy atom. The first-order valence-electron chi connectivity index (χ1n) is 11.8. The van der Waals surface area contributed by atoms with Crippen molar-refractivity contribution < 1.29 is 23.0 Å². The minimum atomic E-state index is -3.72. The fourth-order valence-electron chi connectivity index (χ4n) is 5.10. The Labute approximate surface area is 201 Å². The Balaban J connectivity index is 1.51. The van der Waals surface area contributed by atoms with Crippen molar-refractivity contribution in [3.8, 4) is 0 Å². The monoisotopic (exact) mass is 487 g/mol. The van der Waals surface area contributed by atoms with Crippen LogP contribution in [0.4, 0.5) is 24.7 Å². The van der Waals surface area contributed by atoms with Gasteiger partial charge < -0.3 is 20.1 Å². The number of alkyl halides is 2. The molecule has 0 amide bonds. The number of aromatic nitrogens is 3. The number of morpholine rings is 1. The molecule has 10 heteroatoms. The second-order valence-electron chi connectivity index (χ2n) is 9.43. The molecule has 2 aliphatic heterocycles. The van der Waals surface area contributed by atoms with Gasteiger partial charge in [-0.05, 0) is 45.7 Å². The molecule has 0 saturated carbocycles. The first-order valence-corrected chi connectivity index (χ1v) is 11.8. The second-order valence-corrected chi connectivity index (χ2v) is 9.43. The van der Waals surface area contributed by atoms with E-state index in [2.05, 4.69) is 25.4 Å². The highest BCUT2D eigenvalue weighted by Gasteiger charge is 2.41. The smallest absolute Gasteiger partial charge is 0.301 e. The molecule has 4 atom stereocenters. The standard InChI is InChI=1S/C25H28F3N5O2/c1-13(19-5-4-6-21(22(19)26)25(27,28)15(3)34)30-24-20-9-18(10-29-23(20)14(2)31-32-24)33-16-7-8-17(33)12-35-11-16/h4-6,9-10,13,15-17,34H,7-8,11-12H2,1-3H3,(H,30,32)/t13-,15?,16?,17?/m1/s1. The zero-order valence-corrected chi connectivity index (χ0v) is 19.8. The molecule has 5 rings (SSSR count). The van der Waals surface area contributed by atoms with Crippen LogP contribution in [0.3, 0.4) is 0 Å². The lowest BCUT2D eigenvalue weighted by Crippen LogP contribution is -2.45. The fraction of sp³-hybridized carbons (Fsp3) is 0.480. The summed E-state index contributed by atoms with van der Waals surface area (Å²) in [4.78, 5) is 7.00. The highest BCUT2D eigenvalue weighted by molar-refractivity contribution is 5.92. The third-order valence-corrected chi connectivity index (χ3v) is 7.04. The SMILES string of the molecule is Cc1nnc(N[C@H](C)c2cccc(C(F)(F)C(C)O)c2F)c2cc(N3C4CCC3COC4)cnc12. The molecule has 2 fully saturated rings. The molecular formula is C25H28F3N5O2. The summed E-state index contributed by atoms with van der Waals surface area (Å²) in [6, 6.07) is 5.68. The topological polar surface area (TPSA) is 83.4 Å². The van der Waals surface area contributed by atoms with Gasteiger partial charge in [0, 0.05) is 10.9 Å². The summed E-state index contributed by atoms with van der Waals surface area (Å²) in [6.45, 7) is 5.77. The average molecular weight is 488 g/mol. The van der Waals surface area contributed by atoms with Crippen molar-refractivity contribution in [2.45, 2.75) is 63.8 Å². The molecule has 7 nitrogen and oxygen atoms in total. The maximum Gasteiger partial charge on any atom is 0.301 e. The number of fused-ring (bicyclic) bond motifs is 3. The number of hydrogen-bond donors (Lipinski definition) is 2. The number of pyridine rings is 1. The van der Waals surface area contributed by atoms with Gasteiger partial charge in [-0.3, -0.25) is 4.98 Å². The van der Waals surface area contributed by atoms with Crippen LogP contribution in [0.1, 0.15) is 49.6 Å². The van der Waals surface area contributed by atoms with Crippen molar-refractivity contribution in [3.63, 3.8) is 0 Å². The van der Waals surface area contributed by atoms with E-state index >= 15 is 4.39 Å². The van der Waals surface area contributed by atoms with Gasteiger partial charge in [-0.1, -0.05) is 12.1 Å². The molecule has 3 unspecified atom stereocenters. The van der Waals surface area contributed by atoms with Gasteiger partial charge in [-0.25, -0.2) is 4.39 Å². The normalized spacial score (nSPS) is 21.9. The van der Waals surface area contributed by atoms with E-state index in [0.717, 1.165) is 36.9 Å². The van der Waals surface area contributed by atoms with Crippen LogP contribution in [0, 0.1) is 12.7 Å². The number of rotatable bonds is 6. The number of nitrogens with zero attached hydrogens (tertiary/aromatic N) is 4. The van der Waals surface area contributed by atoms with Gasteiger partial charge in [-0.2, -0.15) is 13.9 Å². The summed E-state index contributed by atoms with van der Waals surface area (Å²) in [5.74, 6) is -4.39. The molecule has 1 aromatic carbocycles. The minimum Gasteiger partial charge on any atom is -0.387 e. The van der Waals surface area contributed by atoms with Crippen molar-refractivity contribution in [3.05, 3.63) is 53.1 Å². The van der Waals surface area contributed by atoms with Gasteiger partial charge in [0.2, 0.25) is 0 Å². The molecule has 35 heavy (non-hydrogen) atoms. The number of anilines is 2. The minimum absolute atomic E-state index is 0.0358. The molecule has 0 aliphatic carbocycles. The van der Waals surface area contributed by atoms with Crippen molar-refractivity contribution in [1.82, 2.24) is 15.2 Å². The van der Waals surface area contributed by atoms with E-state index in [1.165, 1.54) is 12.1 Å². The van der Waals surface area contributed by atoms with E-state index in [-0.39, 0.29) is 5.56 Å². The number of nitrogens with one attached hydrogen (secondary N) is 1. The summed E-state index contributed by atoms with van der Waals surface area (Å²) in [5.41, 5.74) is 1.47. The number of benzene rings is 1. The Morgan fingerprint density at radius 1 is 1.17 bits per heavy atom. The molecule has 2 bridgehead atoms. The molecule has 2 saturated heterocycles. The summed E-state index contributed by atoms with van der Waals surface area (Å²) >= 11 is 0. The number of hydrogen-bond acceptors (Lipinski definition) is 7. The van der Waals surface area contributed by atoms with Crippen LogP contribution in [-0.4, -0.2) is 51.7 Å². The quantitative estimate of drug-likeness (QED) is 0.530. The highest BCUT2D eigenvalue weighted by Crippen LogP contribution is 2.38. The Bertz CT molecular complexity index is 1240. The summed E-state index contributed by atoms with van der Waals surface area (Å²) < 4.78 is 49.7. The lowest BCUT2D eigenvalue weighted by atomic mass is 9.97. The molecule has 0 radical (unpaired) electrons. The number of halogens is 3. The highest BCUT2D eigenvalue weighted by atomic mass is 19.3. The van der Waals surface area contributed by atoms with Crippen molar-refractivity contribution in [2.24, 2.45) is 0 Å². The van der Waals surface area contributed by atoms with E-state index < -0.39 is 29.4 Å². The van der Waals surface area contributed by atoms with Crippen LogP contribution in [0.25, 0.3) is 10.9 Å². The second kappa shape index (κ2) is 8.91. The van der Waals surface area contributed by atoms with Crippen molar-refractivity contribution in [1.29, 1.82) is 0 Å². The molecular weight excluding hydrogens is 459 g/mol. The van der Waals surface area contributed by atoms with Crippen LogP contribution >= 0.6 is 0 Å². The molecule has 4 heterocycles. The number of aryl methyl sites for hydroxylation is 1. The number of ether oxygens (including phenoxy) is 1. The van der Waals surface area contributed by atoms with Gasteiger partial charge in [0.25, 0.3) is 0 Å². The van der Waals surface area contributed by atoms with E-state index in [1.54, 1.807) is 6.92 Å². The van der Waals surface area contributed by atoms with Crippen LogP contribution in [0.15, 0.2) is 30.5 Å². The van der Waals surface area contributed by atoms with Gasteiger partial charge in [0.05, 0.1) is 60.0 Å². The molecule has 186 valence electrons. The molecule has 2 aliphatic rings. The summed E-state index contributed by atoms with van der Waals surface area (Å²) in [6.07, 6.45) is 1.93. The van der Waals surface area contributed by atoms with Crippen LogP contribution < -0.4 is 10.2 Å². The Kier molecular flexibility index (Phi) is 6.04. The van der Waals surface area contributed by atoms with E-state index in [0.29, 0.717) is 42.3 Å². The lowest BCUT2D eigenvalue weighted by molar-refractivity contribution is -0.108. The van der Waals surface area contributed by atoms with E-state index in [4.69, 9.17) is 4.74 Å². The molecule has 2 aromatic heterocycles. The lowest BCUT2D eigenvalue weighted by Gasteiger charge is -2.36. The third kappa shape index (κ3) is 4.08. The Hall–Kier alpha value is -2.98. The largest absolute Gasteiger partial charge is 0.387 e. The fourth-order valence-corrected chi connectivity index (χ4v) is 5.10. The first-order chi connectivity index (χ1) is 16.7. The van der Waals surface area contributed by atoms with E-state index in [1.807, 2.05) is 19.2 Å². The van der Waals surface area contributed by atoms with Gasteiger partial charge in [0.15, 0.2) is 5.82 Å². The van der Waals surface area contributed by atoms with Crippen molar-refractivity contribution in [2.75, 3.05) is 23.4 Å². The summed E-state index contributed by atoms with van der Waals surface area (Å²) in [7, 11) is 0. The van der Waals surface area contributed by atoms with Gasteiger partial charge in [0.1, 0.15) is 11.9 Å². The molecule has 2 N–H and O–H groups in total. The maximum atomic E-state index is 15.2. The third-order valence-electron chi connectivity index (χ3n) is 7.04. The van der Waals surface area contributed by atoms with Crippen LogP contribution in [0.2, 0.25) is 0 Å². The van der Waals surface area contributed by atoms with Crippen molar-refractivity contribution >= 4 is 22.4 Å². The predicted molar refractivity (Wildman–Crippen MR) is 126 cm³/mol. The first kappa shape index (κ1) is 23.7. The van der Waals surface area contributed by atoms with Crippen LogP contribution in [0.5, 0.6) is 0 Å². The van der Waals surface area contributed by atoms with Crippen LogP contribution in [-0.2, 0) is 10.7 Å². The maximum absolute atomic E-state index is 15.2. The van der Waals surface area contributed by atoms with E-state index in [9.17, 15) is 13.9 Å². The predicted octanol–water partition coefficient (Wildman–Crippen LogP) is 4.49. The average Bonchev–Trinajstić information content (AvgIpc) is 3.08. The van der Waals surface area contributed by atoms with Gasteiger partial charge >= 0.3 is 5.92 Å². The summed E-state index contributed by atoms with van der Waals surface area (Å²) in [5, 5.41) is 21.8. The number of aliphatic hydroxyl groups excluding tert-OH is 1. The zero-order valence-electron chi connectivity index (χ0n) is 19.8. The molecule has 3 aromatic rings. The number of aliphatic hydroxyl groups is 1. The van der Waals surface area contributed by atoms with Gasteiger partial charge in [-0.15, -0.1) is 5.10 Å². The molecule has 0 spiro atoms. The zero-order chi connectivity index (χ0) is 24.9.